The van der Waals surface area contributed by atoms with Crippen molar-refractivity contribution in [3.05, 3.63) is 33.4 Å². The second kappa shape index (κ2) is 5.57. The van der Waals surface area contributed by atoms with Gasteiger partial charge in [-0.05, 0) is 38.3 Å². The predicted octanol–water partition coefficient (Wildman–Crippen LogP) is 4.19. The maximum atomic E-state index is 11.0. The minimum absolute atomic E-state index is 0.168. The van der Waals surface area contributed by atoms with Crippen molar-refractivity contribution in [3.8, 4) is 0 Å². The highest BCUT2D eigenvalue weighted by Crippen LogP contribution is 2.44. The average Bonchev–Trinajstić information content (AvgIpc) is 3.07. The fourth-order valence-corrected chi connectivity index (χ4v) is 4.86. The van der Waals surface area contributed by atoms with Gasteiger partial charge in [0, 0.05) is 24.4 Å². The van der Waals surface area contributed by atoms with Gasteiger partial charge in [0.2, 0.25) is 0 Å². The Balaban J connectivity index is 1.93. The number of nitro benzene ring substituents is 1. The van der Waals surface area contributed by atoms with Crippen molar-refractivity contribution in [2.24, 2.45) is 4.99 Å². The third-order valence-corrected chi connectivity index (χ3v) is 6.45. The molecule has 118 valence electrons. The van der Waals surface area contributed by atoms with Crippen LogP contribution >= 0.6 is 11.8 Å². The Hall–Kier alpha value is -1.56. The molecule has 2 fully saturated rings. The van der Waals surface area contributed by atoms with Crippen LogP contribution in [0.3, 0.4) is 0 Å². The third-order valence-electron chi connectivity index (χ3n) is 5.15. The van der Waals surface area contributed by atoms with Crippen LogP contribution in [-0.4, -0.2) is 33.3 Å². The van der Waals surface area contributed by atoms with Crippen molar-refractivity contribution in [1.29, 1.82) is 0 Å². The maximum absolute atomic E-state index is 11.0. The highest BCUT2D eigenvalue weighted by molar-refractivity contribution is 8.14. The molecule has 0 atom stereocenters. The van der Waals surface area contributed by atoms with Gasteiger partial charge in [0.05, 0.1) is 16.1 Å². The van der Waals surface area contributed by atoms with Crippen molar-refractivity contribution >= 4 is 28.3 Å². The zero-order chi connectivity index (χ0) is 15.9. The number of nitrogens with zero attached hydrogens (tertiary/aromatic N) is 3. The number of amidine groups is 1. The molecule has 1 saturated carbocycles. The third kappa shape index (κ3) is 2.39. The van der Waals surface area contributed by atoms with Gasteiger partial charge in [-0.1, -0.05) is 24.6 Å². The van der Waals surface area contributed by atoms with E-state index in [9.17, 15) is 10.1 Å². The predicted molar refractivity (Wildman–Crippen MR) is 91.1 cm³/mol. The molecular weight excluding hydrogens is 298 g/mol. The average molecular weight is 319 g/mol. The fourth-order valence-electron chi connectivity index (χ4n) is 3.43. The van der Waals surface area contributed by atoms with Gasteiger partial charge in [-0.15, -0.1) is 0 Å². The molecule has 0 radical (unpaired) electrons. The normalized spacial score (nSPS) is 22.0. The molecule has 0 unspecified atom stereocenters. The molecule has 0 N–H and O–H groups in total. The zero-order valence-electron chi connectivity index (χ0n) is 13.3. The maximum Gasteiger partial charge on any atom is 0.272 e. The number of rotatable bonds is 2. The van der Waals surface area contributed by atoms with E-state index in [-0.39, 0.29) is 16.1 Å². The van der Waals surface area contributed by atoms with Gasteiger partial charge in [0.1, 0.15) is 0 Å². The largest absolute Gasteiger partial charge is 0.348 e. The highest BCUT2D eigenvalue weighted by Gasteiger charge is 2.44. The quantitative estimate of drug-likeness (QED) is 0.606. The van der Waals surface area contributed by atoms with Gasteiger partial charge in [0.25, 0.3) is 5.69 Å². The summed E-state index contributed by atoms with van der Waals surface area (Å²) < 4.78 is 0. The van der Waals surface area contributed by atoms with E-state index in [0.717, 1.165) is 22.2 Å². The number of benzene rings is 1. The van der Waals surface area contributed by atoms with Crippen LogP contribution in [0.4, 0.5) is 11.4 Å². The number of nitro groups is 1. The van der Waals surface area contributed by atoms with Crippen molar-refractivity contribution < 1.29 is 4.92 Å². The van der Waals surface area contributed by atoms with Crippen molar-refractivity contribution in [3.63, 3.8) is 0 Å². The zero-order valence-corrected chi connectivity index (χ0v) is 14.1. The summed E-state index contributed by atoms with van der Waals surface area (Å²) in [5.74, 6) is 1.10. The summed E-state index contributed by atoms with van der Waals surface area (Å²) in [5.41, 5.74) is 2.89. The summed E-state index contributed by atoms with van der Waals surface area (Å²) in [6.07, 6.45) is 5.09. The van der Waals surface area contributed by atoms with Crippen LogP contribution in [0.5, 0.6) is 0 Å². The van der Waals surface area contributed by atoms with Gasteiger partial charge in [-0.2, -0.15) is 0 Å². The van der Waals surface area contributed by atoms with Gasteiger partial charge >= 0.3 is 0 Å². The lowest BCUT2D eigenvalue weighted by atomic mass is 9.99. The van der Waals surface area contributed by atoms with Gasteiger partial charge < -0.3 is 4.90 Å². The van der Waals surface area contributed by atoms with Crippen LogP contribution < -0.4 is 0 Å². The molecule has 0 aromatic heterocycles. The molecule has 0 amide bonds. The molecule has 5 nitrogen and oxygen atoms in total. The Morgan fingerprint density at radius 1 is 1.27 bits per heavy atom. The molecule has 2 aliphatic rings. The Kier molecular flexibility index (Phi) is 3.89. The second-order valence-corrected chi connectivity index (χ2v) is 7.23. The topological polar surface area (TPSA) is 58.7 Å². The first kappa shape index (κ1) is 15.3. The van der Waals surface area contributed by atoms with E-state index in [0.29, 0.717) is 5.56 Å². The van der Waals surface area contributed by atoms with E-state index in [1.165, 1.54) is 25.7 Å². The number of thioether (sulfide) groups is 1. The summed E-state index contributed by atoms with van der Waals surface area (Å²) in [6, 6.07) is 3.33. The van der Waals surface area contributed by atoms with Crippen LogP contribution in [0.25, 0.3) is 0 Å². The number of hydrogen-bond acceptors (Lipinski definition) is 4. The van der Waals surface area contributed by atoms with Crippen LogP contribution in [0.1, 0.15) is 36.8 Å². The van der Waals surface area contributed by atoms with E-state index < -0.39 is 0 Å². The van der Waals surface area contributed by atoms with Crippen LogP contribution in [0.2, 0.25) is 0 Å². The SMILES string of the molecule is Cc1c(N=C2SCC3(CCCC3)N2C)ccc([N+](=O)[O-])c1C. The van der Waals surface area contributed by atoms with Crippen molar-refractivity contribution in [2.45, 2.75) is 45.1 Å². The first-order valence-electron chi connectivity index (χ1n) is 7.64. The molecule has 1 spiro atoms. The lowest BCUT2D eigenvalue weighted by Gasteiger charge is -2.32. The molecule has 6 heteroatoms. The molecule has 1 aromatic rings. The first-order valence-corrected chi connectivity index (χ1v) is 8.63. The molecule has 1 aliphatic carbocycles. The Bertz CT molecular complexity index is 651. The standard InChI is InChI=1S/C16H21N3O2S/c1-11-12(2)14(19(20)21)7-6-13(11)17-15-18(3)16(10-22-15)8-4-5-9-16/h6-7H,4-5,8-10H2,1-3H3. The van der Waals surface area contributed by atoms with Crippen molar-refractivity contribution in [1.82, 2.24) is 4.90 Å². The summed E-state index contributed by atoms with van der Waals surface area (Å²) in [4.78, 5) is 17.8. The van der Waals surface area contributed by atoms with E-state index in [4.69, 9.17) is 4.99 Å². The summed E-state index contributed by atoms with van der Waals surface area (Å²) >= 11 is 1.81. The lowest BCUT2D eigenvalue weighted by molar-refractivity contribution is -0.385. The summed E-state index contributed by atoms with van der Waals surface area (Å²) in [5, 5.41) is 12.0. The minimum Gasteiger partial charge on any atom is -0.348 e. The summed E-state index contributed by atoms with van der Waals surface area (Å²) in [6.45, 7) is 3.70. The molecule has 0 bridgehead atoms. The van der Waals surface area contributed by atoms with Gasteiger partial charge in [0.15, 0.2) is 5.17 Å². The van der Waals surface area contributed by atoms with Crippen LogP contribution in [0.15, 0.2) is 17.1 Å². The molecular formula is C16H21N3O2S. The lowest BCUT2D eigenvalue weighted by Crippen LogP contribution is -2.42. The second-order valence-electron chi connectivity index (χ2n) is 6.28. The van der Waals surface area contributed by atoms with E-state index >= 15 is 0 Å². The monoisotopic (exact) mass is 319 g/mol. The van der Waals surface area contributed by atoms with Crippen LogP contribution in [0, 0.1) is 24.0 Å². The van der Waals surface area contributed by atoms with Gasteiger partial charge in [-0.25, -0.2) is 4.99 Å². The number of hydrogen-bond donors (Lipinski definition) is 0. The van der Waals surface area contributed by atoms with E-state index in [1.807, 2.05) is 18.7 Å². The minimum atomic E-state index is -0.330. The smallest absolute Gasteiger partial charge is 0.272 e. The van der Waals surface area contributed by atoms with Crippen molar-refractivity contribution in [2.75, 3.05) is 12.8 Å². The highest BCUT2D eigenvalue weighted by atomic mass is 32.2. The van der Waals surface area contributed by atoms with Gasteiger partial charge in [-0.3, -0.25) is 10.1 Å². The molecule has 1 aromatic carbocycles. The molecule has 1 aliphatic heterocycles. The Labute approximate surface area is 135 Å². The molecule has 1 heterocycles. The summed E-state index contributed by atoms with van der Waals surface area (Å²) in [7, 11) is 2.14. The van der Waals surface area contributed by atoms with Crippen LogP contribution in [-0.2, 0) is 0 Å². The number of aliphatic imine (C=N–C) groups is 1. The fraction of sp³-hybridized carbons (Fsp3) is 0.562. The van der Waals surface area contributed by atoms with E-state index in [1.54, 1.807) is 19.1 Å². The Morgan fingerprint density at radius 3 is 2.59 bits per heavy atom. The van der Waals surface area contributed by atoms with E-state index in [2.05, 4.69) is 11.9 Å². The molecule has 3 rings (SSSR count). The molecule has 1 saturated heterocycles. The molecule has 22 heavy (non-hydrogen) atoms. The Morgan fingerprint density at radius 2 is 1.95 bits per heavy atom. The first-order chi connectivity index (χ1) is 10.4.